The van der Waals surface area contributed by atoms with Crippen molar-refractivity contribution in [3.05, 3.63) is 51.0 Å². The third-order valence-electron chi connectivity index (χ3n) is 2.86. The van der Waals surface area contributed by atoms with Crippen LogP contribution in [0.4, 0.5) is 10.1 Å². The highest BCUT2D eigenvalue weighted by molar-refractivity contribution is 7.12. The van der Waals surface area contributed by atoms with Gasteiger partial charge in [0.25, 0.3) is 5.91 Å². The normalized spacial score (nSPS) is 10.5. The van der Waals surface area contributed by atoms with Crippen LogP contribution in [0, 0.1) is 19.7 Å². The van der Waals surface area contributed by atoms with E-state index < -0.39 is 11.7 Å². The molecule has 1 amide bonds. The van der Waals surface area contributed by atoms with Crippen LogP contribution in [-0.2, 0) is 6.54 Å². The van der Waals surface area contributed by atoms with E-state index in [4.69, 9.17) is 5.73 Å². The number of nitrogens with one attached hydrogen (secondary N) is 1. The Labute approximate surface area is 115 Å². The Morgan fingerprint density at radius 2 is 2.11 bits per heavy atom. The monoisotopic (exact) mass is 278 g/mol. The number of thiophene rings is 1. The molecule has 100 valence electrons. The summed E-state index contributed by atoms with van der Waals surface area (Å²) >= 11 is 1.74. The largest absolute Gasteiger partial charge is 0.381 e. The Hall–Kier alpha value is -1.88. The van der Waals surface area contributed by atoms with Gasteiger partial charge in [0.1, 0.15) is 5.82 Å². The lowest BCUT2D eigenvalue weighted by molar-refractivity contribution is 0.0996. The molecule has 0 radical (unpaired) electrons. The summed E-state index contributed by atoms with van der Waals surface area (Å²) in [6.07, 6.45) is 0. The summed E-state index contributed by atoms with van der Waals surface area (Å²) < 4.78 is 13.3. The molecular formula is C14H15FN2OS. The van der Waals surface area contributed by atoms with Crippen molar-refractivity contribution in [2.24, 2.45) is 5.73 Å². The van der Waals surface area contributed by atoms with Gasteiger partial charge >= 0.3 is 0 Å². The molecule has 0 atom stereocenters. The van der Waals surface area contributed by atoms with E-state index >= 15 is 0 Å². The predicted molar refractivity (Wildman–Crippen MR) is 76.0 cm³/mol. The number of hydrogen-bond donors (Lipinski definition) is 2. The number of aryl methyl sites for hydroxylation is 2. The third kappa shape index (κ3) is 3.12. The summed E-state index contributed by atoms with van der Waals surface area (Å²) in [5.74, 6) is -1.36. The maximum Gasteiger partial charge on any atom is 0.251 e. The standard InChI is InChI=1S/C14H15FN2OS/c1-8-5-10(9(2)19-8)7-17-11-3-4-13(15)12(6-11)14(16)18/h3-6,17H,7H2,1-2H3,(H2,16,18). The molecular weight excluding hydrogens is 263 g/mol. The molecule has 2 aromatic rings. The van der Waals surface area contributed by atoms with Gasteiger partial charge in [0.2, 0.25) is 0 Å². The summed E-state index contributed by atoms with van der Waals surface area (Å²) in [4.78, 5) is 13.6. The number of rotatable bonds is 4. The lowest BCUT2D eigenvalue weighted by atomic mass is 10.1. The zero-order chi connectivity index (χ0) is 14.0. The van der Waals surface area contributed by atoms with Crippen molar-refractivity contribution in [2.45, 2.75) is 20.4 Å². The first-order valence-corrected chi connectivity index (χ1v) is 6.68. The lowest BCUT2D eigenvalue weighted by Gasteiger charge is -2.08. The Kier molecular flexibility index (Phi) is 3.85. The molecule has 5 heteroatoms. The molecule has 0 unspecified atom stereocenters. The molecule has 0 fully saturated rings. The summed E-state index contributed by atoms with van der Waals surface area (Å²) in [5, 5.41) is 3.17. The first-order chi connectivity index (χ1) is 8.97. The second-order valence-corrected chi connectivity index (χ2v) is 5.81. The molecule has 1 aromatic carbocycles. The van der Waals surface area contributed by atoms with Crippen molar-refractivity contribution in [3.63, 3.8) is 0 Å². The van der Waals surface area contributed by atoms with Crippen molar-refractivity contribution in [1.82, 2.24) is 0 Å². The minimum atomic E-state index is -0.760. The second-order valence-electron chi connectivity index (χ2n) is 4.35. The van der Waals surface area contributed by atoms with Gasteiger partial charge in [-0.15, -0.1) is 11.3 Å². The maximum atomic E-state index is 13.3. The molecule has 0 aliphatic carbocycles. The molecule has 3 N–H and O–H groups in total. The minimum absolute atomic E-state index is 0.0942. The molecule has 0 saturated carbocycles. The van der Waals surface area contributed by atoms with E-state index in [-0.39, 0.29) is 5.56 Å². The van der Waals surface area contributed by atoms with Crippen LogP contribution in [0.1, 0.15) is 25.7 Å². The van der Waals surface area contributed by atoms with E-state index in [0.29, 0.717) is 12.2 Å². The van der Waals surface area contributed by atoms with Crippen molar-refractivity contribution < 1.29 is 9.18 Å². The number of halogens is 1. The second kappa shape index (κ2) is 5.40. The van der Waals surface area contributed by atoms with Gasteiger partial charge in [-0.2, -0.15) is 0 Å². The molecule has 19 heavy (non-hydrogen) atoms. The van der Waals surface area contributed by atoms with Crippen LogP contribution >= 0.6 is 11.3 Å². The number of nitrogens with two attached hydrogens (primary N) is 1. The van der Waals surface area contributed by atoms with Crippen LogP contribution in [0.3, 0.4) is 0 Å². The SMILES string of the molecule is Cc1cc(CNc2ccc(F)c(C(N)=O)c2)c(C)s1. The van der Waals surface area contributed by atoms with E-state index in [2.05, 4.69) is 25.2 Å². The van der Waals surface area contributed by atoms with Gasteiger partial charge < -0.3 is 11.1 Å². The minimum Gasteiger partial charge on any atom is -0.381 e. The average molecular weight is 278 g/mol. The lowest BCUT2D eigenvalue weighted by Crippen LogP contribution is -2.13. The zero-order valence-electron chi connectivity index (χ0n) is 10.8. The smallest absolute Gasteiger partial charge is 0.251 e. The van der Waals surface area contributed by atoms with Crippen LogP contribution in [0.2, 0.25) is 0 Å². The van der Waals surface area contributed by atoms with Crippen molar-refractivity contribution >= 4 is 22.9 Å². The Morgan fingerprint density at radius 1 is 1.37 bits per heavy atom. The Balaban J connectivity index is 2.14. The number of carbonyl (C=O) groups excluding carboxylic acids is 1. The van der Waals surface area contributed by atoms with Gasteiger partial charge in [-0.1, -0.05) is 0 Å². The molecule has 0 spiro atoms. The zero-order valence-corrected chi connectivity index (χ0v) is 11.6. The third-order valence-corrected chi connectivity index (χ3v) is 3.87. The van der Waals surface area contributed by atoms with Gasteiger partial charge in [-0.3, -0.25) is 4.79 Å². The molecule has 0 aliphatic heterocycles. The molecule has 0 aliphatic rings. The number of anilines is 1. The van der Waals surface area contributed by atoms with Crippen molar-refractivity contribution in [2.75, 3.05) is 5.32 Å². The fourth-order valence-corrected chi connectivity index (χ4v) is 2.83. The van der Waals surface area contributed by atoms with Crippen LogP contribution in [0.5, 0.6) is 0 Å². The van der Waals surface area contributed by atoms with Crippen LogP contribution in [0.15, 0.2) is 24.3 Å². The molecule has 3 nitrogen and oxygen atoms in total. The highest BCUT2D eigenvalue weighted by Gasteiger charge is 2.09. The summed E-state index contributed by atoms with van der Waals surface area (Å²) in [6.45, 7) is 4.76. The van der Waals surface area contributed by atoms with Crippen LogP contribution < -0.4 is 11.1 Å². The fraction of sp³-hybridized carbons (Fsp3) is 0.214. The van der Waals surface area contributed by atoms with E-state index in [0.717, 1.165) is 0 Å². The van der Waals surface area contributed by atoms with Crippen LogP contribution in [-0.4, -0.2) is 5.91 Å². The molecule has 1 heterocycles. The van der Waals surface area contributed by atoms with Gasteiger partial charge in [-0.05, 0) is 43.7 Å². The first-order valence-electron chi connectivity index (χ1n) is 5.86. The Bertz CT molecular complexity index is 622. The molecule has 0 bridgehead atoms. The molecule has 2 rings (SSSR count). The number of benzene rings is 1. The highest BCUT2D eigenvalue weighted by atomic mass is 32.1. The van der Waals surface area contributed by atoms with Gasteiger partial charge in [0, 0.05) is 22.0 Å². The van der Waals surface area contributed by atoms with Gasteiger partial charge in [-0.25, -0.2) is 4.39 Å². The van der Waals surface area contributed by atoms with Crippen molar-refractivity contribution in [1.29, 1.82) is 0 Å². The maximum absolute atomic E-state index is 13.3. The fourth-order valence-electron chi connectivity index (χ4n) is 1.88. The van der Waals surface area contributed by atoms with Crippen LogP contribution in [0.25, 0.3) is 0 Å². The number of amides is 1. The molecule has 0 saturated heterocycles. The van der Waals surface area contributed by atoms with Gasteiger partial charge in [0.15, 0.2) is 0 Å². The van der Waals surface area contributed by atoms with Crippen molar-refractivity contribution in [3.8, 4) is 0 Å². The topological polar surface area (TPSA) is 55.1 Å². The molecule has 1 aromatic heterocycles. The predicted octanol–water partition coefficient (Wildman–Crippen LogP) is 3.22. The van der Waals surface area contributed by atoms with E-state index in [9.17, 15) is 9.18 Å². The Morgan fingerprint density at radius 3 is 2.68 bits per heavy atom. The van der Waals surface area contributed by atoms with E-state index in [1.807, 2.05) is 0 Å². The van der Waals surface area contributed by atoms with E-state index in [1.54, 1.807) is 17.4 Å². The summed E-state index contributed by atoms with van der Waals surface area (Å²) in [6, 6.07) is 6.39. The number of carbonyl (C=O) groups is 1. The first kappa shape index (κ1) is 13.5. The van der Waals surface area contributed by atoms with E-state index in [1.165, 1.54) is 27.5 Å². The highest BCUT2D eigenvalue weighted by Crippen LogP contribution is 2.22. The average Bonchev–Trinajstić information content (AvgIpc) is 2.66. The summed E-state index contributed by atoms with van der Waals surface area (Å²) in [7, 11) is 0. The number of hydrogen-bond acceptors (Lipinski definition) is 3. The summed E-state index contributed by atoms with van der Waals surface area (Å²) in [5.41, 5.74) is 6.90. The quantitative estimate of drug-likeness (QED) is 0.902. The number of primary amides is 1. The van der Waals surface area contributed by atoms with Gasteiger partial charge in [0.05, 0.1) is 5.56 Å².